The number of unbranched alkanes of at least 4 members (excludes halogenated alkanes) is 2. The van der Waals surface area contributed by atoms with E-state index >= 15 is 0 Å². The van der Waals surface area contributed by atoms with Gasteiger partial charge in [0.1, 0.15) is 5.82 Å². The second-order valence-electron chi connectivity index (χ2n) is 11.2. The SMILES string of the molecule is CCCCCc1c(C(C)C)nc(C(C)C)c(C[C@H](OS(=O)(=O)O)C2C=CC=CC2(C)O)c1-c1ccc(F)cc1. The number of benzene rings is 1. The molecule has 1 aliphatic rings. The van der Waals surface area contributed by atoms with Gasteiger partial charge in [-0.3, -0.25) is 9.54 Å². The van der Waals surface area contributed by atoms with Crippen LogP contribution >= 0.6 is 0 Å². The van der Waals surface area contributed by atoms with Gasteiger partial charge in [0, 0.05) is 23.7 Å². The fraction of sp³-hybridized carbons (Fsp3) is 0.516. The quantitative estimate of drug-likeness (QED) is 0.213. The number of allylic oxidation sites excluding steroid dienone is 2. The van der Waals surface area contributed by atoms with E-state index < -0.39 is 28.0 Å². The van der Waals surface area contributed by atoms with Crippen LogP contribution in [0.3, 0.4) is 0 Å². The third-order valence-electron chi connectivity index (χ3n) is 7.31. The van der Waals surface area contributed by atoms with Gasteiger partial charge in [0.2, 0.25) is 0 Å². The van der Waals surface area contributed by atoms with Crippen molar-refractivity contribution >= 4 is 10.4 Å². The zero-order valence-corrected chi connectivity index (χ0v) is 24.6. The summed E-state index contributed by atoms with van der Waals surface area (Å²) in [6.07, 6.45) is 9.43. The van der Waals surface area contributed by atoms with Gasteiger partial charge in [-0.15, -0.1) is 0 Å². The van der Waals surface area contributed by atoms with Crippen molar-refractivity contribution in [1.29, 1.82) is 0 Å². The summed E-state index contributed by atoms with van der Waals surface area (Å²) in [5, 5.41) is 11.1. The van der Waals surface area contributed by atoms with Crippen molar-refractivity contribution in [2.24, 2.45) is 5.92 Å². The van der Waals surface area contributed by atoms with E-state index in [1.807, 2.05) is 13.8 Å². The van der Waals surface area contributed by atoms with Crippen LogP contribution in [0.4, 0.5) is 4.39 Å². The highest BCUT2D eigenvalue weighted by atomic mass is 32.3. The minimum Gasteiger partial charge on any atom is -0.385 e. The van der Waals surface area contributed by atoms with Crippen molar-refractivity contribution in [1.82, 2.24) is 4.98 Å². The van der Waals surface area contributed by atoms with Gasteiger partial charge in [-0.2, -0.15) is 8.42 Å². The van der Waals surface area contributed by atoms with Crippen LogP contribution in [0.2, 0.25) is 0 Å². The summed E-state index contributed by atoms with van der Waals surface area (Å²) in [5.74, 6) is -1.00. The van der Waals surface area contributed by atoms with Gasteiger partial charge in [-0.1, -0.05) is 83.9 Å². The Hall–Kier alpha value is -2.39. The molecule has 8 heteroatoms. The smallest absolute Gasteiger partial charge is 0.385 e. The maximum atomic E-state index is 14.0. The zero-order valence-electron chi connectivity index (χ0n) is 23.8. The second-order valence-corrected chi connectivity index (χ2v) is 12.3. The molecule has 1 aliphatic carbocycles. The molecule has 0 amide bonds. The molecule has 1 aromatic heterocycles. The molecule has 2 aromatic rings. The van der Waals surface area contributed by atoms with E-state index in [-0.39, 0.29) is 24.1 Å². The van der Waals surface area contributed by atoms with Crippen molar-refractivity contribution in [3.8, 4) is 11.1 Å². The lowest BCUT2D eigenvalue weighted by atomic mass is 9.77. The molecule has 1 aromatic carbocycles. The molecule has 2 unspecified atom stereocenters. The minimum absolute atomic E-state index is 0.0184. The standard InChI is InChI=1S/C31H42FNO5S/c1-7-8-9-12-24-28(22-14-16-23(32)17-15-22)25(30(21(4)5)33-29(24)20(2)3)19-27(38-39(35,36)37)26-13-10-11-18-31(26,6)34/h10-11,13-18,20-21,26-27,34H,7-9,12,19H2,1-6H3,(H,35,36,37)/t26?,27-,31?/m0/s1. The van der Waals surface area contributed by atoms with Crippen LogP contribution in [0, 0.1) is 11.7 Å². The summed E-state index contributed by atoms with van der Waals surface area (Å²) in [6, 6.07) is 6.32. The first-order chi connectivity index (χ1) is 18.2. The maximum Gasteiger partial charge on any atom is 0.397 e. The maximum absolute atomic E-state index is 14.0. The molecule has 0 spiro atoms. The molecule has 3 rings (SSSR count). The van der Waals surface area contributed by atoms with Crippen LogP contribution in [-0.2, 0) is 27.4 Å². The molecular formula is C31H42FNO5S. The van der Waals surface area contributed by atoms with Gasteiger partial charge in [-0.05, 0) is 66.0 Å². The van der Waals surface area contributed by atoms with Crippen LogP contribution in [0.5, 0.6) is 0 Å². The normalized spacial score (nSPS) is 20.2. The summed E-state index contributed by atoms with van der Waals surface area (Å²) < 4.78 is 53.1. The molecule has 6 nitrogen and oxygen atoms in total. The Kier molecular flexibility index (Phi) is 10.3. The number of rotatable bonds is 12. The Labute approximate surface area is 233 Å². The molecule has 1 heterocycles. The predicted molar refractivity (Wildman–Crippen MR) is 154 cm³/mol. The summed E-state index contributed by atoms with van der Waals surface area (Å²) in [6.45, 7) is 12.0. The fourth-order valence-electron chi connectivity index (χ4n) is 5.45. The van der Waals surface area contributed by atoms with Crippen molar-refractivity contribution in [3.63, 3.8) is 0 Å². The molecule has 3 atom stereocenters. The lowest BCUT2D eigenvalue weighted by Gasteiger charge is -2.36. The van der Waals surface area contributed by atoms with Crippen LogP contribution in [-0.4, -0.2) is 34.8 Å². The first kappa shape index (κ1) is 31.1. The topological polar surface area (TPSA) is 96.7 Å². The Balaban J connectivity index is 2.34. The van der Waals surface area contributed by atoms with Crippen molar-refractivity contribution < 1.29 is 26.7 Å². The molecule has 0 saturated carbocycles. The Morgan fingerprint density at radius 2 is 1.64 bits per heavy atom. The average Bonchev–Trinajstić information content (AvgIpc) is 2.83. The number of pyridine rings is 1. The van der Waals surface area contributed by atoms with Crippen molar-refractivity contribution in [2.45, 2.75) is 97.2 Å². The van der Waals surface area contributed by atoms with E-state index in [0.717, 1.165) is 59.3 Å². The van der Waals surface area contributed by atoms with Crippen molar-refractivity contribution in [2.75, 3.05) is 0 Å². The second kappa shape index (κ2) is 12.9. The molecule has 0 radical (unpaired) electrons. The van der Waals surface area contributed by atoms with Gasteiger partial charge >= 0.3 is 10.4 Å². The summed E-state index contributed by atoms with van der Waals surface area (Å²) in [7, 11) is -4.85. The Morgan fingerprint density at radius 3 is 2.18 bits per heavy atom. The minimum atomic E-state index is -4.85. The van der Waals surface area contributed by atoms with Crippen molar-refractivity contribution in [3.05, 3.63) is 76.9 Å². The van der Waals surface area contributed by atoms with Gasteiger partial charge in [0.25, 0.3) is 0 Å². The predicted octanol–water partition coefficient (Wildman–Crippen LogP) is 7.09. The molecule has 0 aliphatic heterocycles. The number of aromatic nitrogens is 1. The number of hydrogen-bond acceptors (Lipinski definition) is 5. The first-order valence-electron chi connectivity index (χ1n) is 13.8. The monoisotopic (exact) mass is 559 g/mol. The van der Waals surface area contributed by atoms with E-state index in [2.05, 4.69) is 20.8 Å². The van der Waals surface area contributed by atoms with Crippen LogP contribution < -0.4 is 0 Å². The molecule has 214 valence electrons. The average molecular weight is 560 g/mol. The Morgan fingerprint density at radius 1 is 1.03 bits per heavy atom. The van der Waals surface area contributed by atoms with Crippen LogP contribution in [0.15, 0.2) is 48.6 Å². The third kappa shape index (κ3) is 7.84. The zero-order chi connectivity index (χ0) is 29.0. The number of aliphatic hydroxyl groups is 1. The van der Waals surface area contributed by atoms with Gasteiger partial charge in [-0.25, -0.2) is 8.57 Å². The molecule has 0 fully saturated rings. The van der Waals surface area contributed by atoms with E-state index in [4.69, 9.17) is 9.17 Å². The van der Waals surface area contributed by atoms with Gasteiger partial charge in [0.05, 0.1) is 11.7 Å². The summed E-state index contributed by atoms with van der Waals surface area (Å²) in [5.41, 5.74) is 3.88. The van der Waals surface area contributed by atoms with E-state index in [1.165, 1.54) is 12.1 Å². The van der Waals surface area contributed by atoms with Gasteiger partial charge < -0.3 is 5.11 Å². The van der Waals surface area contributed by atoms with Gasteiger partial charge in [0.15, 0.2) is 0 Å². The summed E-state index contributed by atoms with van der Waals surface area (Å²) >= 11 is 0. The van der Waals surface area contributed by atoms with E-state index in [9.17, 15) is 22.5 Å². The lowest BCUT2D eigenvalue weighted by Crippen LogP contribution is -2.43. The fourth-order valence-corrected chi connectivity index (χ4v) is 5.95. The van der Waals surface area contributed by atoms with E-state index in [0.29, 0.717) is 0 Å². The largest absolute Gasteiger partial charge is 0.397 e. The highest BCUT2D eigenvalue weighted by molar-refractivity contribution is 7.80. The van der Waals surface area contributed by atoms with Crippen LogP contribution in [0.1, 0.15) is 95.2 Å². The van der Waals surface area contributed by atoms with Crippen LogP contribution in [0.25, 0.3) is 11.1 Å². The molecule has 2 N–H and O–H groups in total. The summed E-state index contributed by atoms with van der Waals surface area (Å²) in [4.78, 5) is 5.15. The van der Waals surface area contributed by atoms with E-state index in [1.54, 1.807) is 43.4 Å². The molecular weight excluding hydrogens is 517 g/mol. The molecule has 0 saturated heterocycles. The third-order valence-corrected chi connectivity index (χ3v) is 7.80. The first-order valence-corrected chi connectivity index (χ1v) is 15.2. The highest BCUT2D eigenvalue weighted by Gasteiger charge is 2.39. The Bertz CT molecular complexity index is 1300. The number of nitrogens with zero attached hydrogens (tertiary/aromatic N) is 1. The lowest BCUT2D eigenvalue weighted by molar-refractivity contribution is 0.00477. The molecule has 0 bridgehead atoms. The highest BCUT2D eigenvalue weighted by Crippen LogP contribution is 2.40. The number of hydrogen-bond donors (Lipinski definition) is 2. The number of halogens is 1. The molecule has 39 heavy (non-hydrogen) atoms.